The molecule has 1 saturated heterocycles. The van der Waals surface area contributed by atoms with Gasteiger partial charge in [-0.05, 0) is 19.4 Å². The molecule has 1 heterocycles. The van der Waals surface area contributed by atoms with Crippen LogP contribution in [0.15, 0.2) is 0 Å². The zero-order valence-corrected chi connectivity index (χ0v) is 15.4. The van der Waals surface area contributed by atoms with Gasteiger partial charge in [-0.3, -0.25) is 10.7 Å². The number of nitrogens with zero attached hydrogens (tertiary/aromatic N) is 2. The zero-order chi connectivity index (χ0) is 16.0. The Hall–Kier alpha value is -0.120. The first kappa shape index (κ1) is 19.9. The van der Waals surface area contributed by atoms with E-state index >= 15 is 0 Å². The lowest BCUT2D eigenvalue weighted by atomic mass is 10.1. The molecule has 2 N–H and O–H groups in total. The molecule has 1 rings (SSSR count). The van der Waals surface area contributed by atoms with Gasteiger partial charge in [0.15, 0.2) is 0 Å². The molecular formula is C19H41N3. The molecule has 0 aromatic rings. The maximum absolute atomic E-state index is 6.15. The SMILES string of the molecule is CCCCCCCCCCCCC1N(N)CCN1CCCC. The summed E-state index contributed by atoms with van der Waals surface area (Å²) in [5.41, 5.74) is 0. The molecule has 3 heteroatoms. The molecule has 22 heavy (non-hydrogen) atoms. The first-order valence-electron chi connectivity index (χ1n) is 10.0. The number of hydrazine groups is 1. The predicted octanol–water partition coefficient (Wildman–Crippen LogP) is 4.91. The average molecular weight is 312 g/mol. The zero-order valence-electron chi connectivity index (χ0n) is 15.4. The summed E-state index contributed by atoms with van der Waals surface area (Å²) < 4.78 is 0. The maximum atomic E-state index is 6.15. The van der Waals surface area contributed by atoms with Crippen LogP contribution in [-0.2, 0) is 0 Å². The molecule has 0 bridgehead atoms. The Balaban J connectivity index is 1.96. The summed E-state index contributed by atoms with van der Waals surface area (Å²) in [6.45, 7) is 8.00. The van der Waals surface area contributed by atoms with Gasteiger partial charge in [0.1, 0.15) is 0 Å². The average Bonchev–Trinajstić information content (AvgIpc) is 2.87. The van der Waals surface area contributed by atoms with Crippen molar-refractivity contribution in [3.05, 3.63) is 0 Å². The standard InChI is InChI=1S/C19H41N3/c1-3-5-7-8-9-10-11-12-13-14-15-19-21(16-6-4-2)17-18-22(19)20/h19H,3-18,20H2,1-2H3. The monoisotopic (exact) mass is 311 g/mol. The van der Waals surface area contributed by atoms with Crippen molar-refractivity contribution in [2.24, 2.45) is 5.84 Å². The highest BCUT2D eigenvalue weighted by atomic mass is 15.5. The molecule has 1 aliphatic heterocycles. The molecule has 0 aliphatic carbocycles. The molecule has 0 amide bonds. The summed E-state index contributed by atoms with van der Waals surface area (Å²) in [5.74, 6) is 6.15. The molecule has 3 nitrogen and oxygen atoms in total. The van der Waals surface area contributed by atoms with E-state index in [1.54, 1.807) is 0 Å². The van der Waals surface area contributed by atoms with Gasteiger partial charge in [0.25, 0.3) is 0 Å². The summed E-state index contributed by atoms with van der Waals surface area (Å²) in [6, 6.07) is 0. The summed E-state index contributed by atoms with van der Waals surface area (Å²) in [5, 5.41) is 2.07. The molecule has 0 saturated carbocycles. The first-order chi connectivity index (χ1) is 10.8. The lowest BCUT2D eigenvalue weighted by Gasteiger charge is -2.27. The van der Waals surface area contributed by atoms with Crippen molar-refractivity contribution in [2.45, 2.75) is 103 Å². The van der Waals surface area contributed by atoms with E-state index in [1.807, 2.05) is 0 Å². The van der Waals surface area contributed by atoms with Gasteiger partial charge in [0.05, 0.1) is 6.17 Å². The Morgan fingerprint density at radius 2 is 1.27 bits per heavy atom. The fourth-order valence-electron chi connectivity index (χ4n) is 3.54. The second-order valence-corrected chi connectivity index (χ2v) is 7.08. The smallest absolute Gasteiger partial charge is 0.0756 e. The van der Waals surface area contributed by atoms with Crippen LogP contribution in [0.2, 0.25) is 0 Å². The lowest BCUT2D eigenvalue weighted by Crippen LogP contribution is -2.42. The number of hydrogen-bond donors (Lipinski definition) is 1. The predicted molar refractivity (Wildman–Crippen MR) is 97.6 cm³/mol. The van der Waals surface area contributed by atoms with Gasteiger partial charge in [-0.1, -0.05) is 84.5 Å². The van der Waals surface area contributed by atoms with E-state index < -0.39 is 0 Å². The van der Waals surface area contributed by atoms with E-state index in [4.69, 9.17) is 5.84 Å². The van der Waals surface area contributed by atoms with Crippen molar-refractivity contribution in [3.8, 4) is 0 Å². The van der Waals surface area contributed by atoms with E-state index in [-0.39, 0.29) is 0 Å². The first-order valence-corrected chi connectivity index (χ1v) is 10.0. The molecule has 0 aromatic carbocycles. The van der Waals surface area contributed by atoms with Crippen molar-refractivity contribution in [2.75, 3.05) is 19.6 Å². The fraction of sp³-hybridized carbons (Fsp3) is 1.00. The largest absolute Gasteiger partial charge is 0.286 e. The molecule has 1 aliphatic rings. The van der Waals surface area contributed by atoms with Gasteiger partial charge < -0.3 is 0 Å². The molecular weight excluding hydrogens is 270 g/mol. The van der Waals surface area contributed by atoms with Crippen LogP contribution in [0.1, 0.15) is 97.3 Å². The maximum Gasteiger partial charge on any atom is 0.0756 e. The minimum atomic E-state index is 0.514. The van der Waals surface area contributed by atoms with Crippen molar-refractivity contribution in [1.82, 2.24) is 9.91 Å². The third kappa shape index (κ3) is 8.50. The third-order valence-corrected chi connectivity index (χ3v) is 5.06. The van der Waals surface area contributed by atoms with E-state index in [0.717, 1.165) is 6.54 Å². The molecule has 1 unspecified atom stereocenters. The van der Waals surface area contributed by atoms with Gasteiger partial charge in [0.2, 0.25) is 0 Å². The second-order valence-electron chi connectivity index (χ2n) is 7.08. The van der Waals surface area contributed by atoms with Crippen LogP contribution in [0.25, 0.3) is 0 Å². The quantitative estimate of drug-likeness (QED) is 0.365. The highest BCUT2D eigenvalue weighted by Crippen LogP contribution is 2.19. The van der Waals surface area contributed by atoms with Crippen LogP contribution in [-0.4, -0.2) is 35.7 Å². The van der Waals surface area contributed by atoms with Gasteiger partial charge in [-0.15, -0.1) is 0 Å². The van der Waals surface area contributed by atoms with Gasteiger partial charge in [-0.25, -0.2) is 5.01 Å². The van der Waals surface area contributed by atoms with Crippen molar-refractivity contribution in [3.63, 3.8) is 0 Å². The Bertz CT molecular complexity index is 245. The van der Waals surface area contributed by atoms with Gasteiger partial charge >= 0.3 is 0 Å². The van der Waals surface area contributed by atoms with Crippen molar-refractivity contribution in [1.29, 1.82) is 0 Å². The minimum Gasteiger partial charge on any atom is -0.286 e. The number of nitrogens with two attached hydrogens (primary N) is 1. The number of rotatable bonds is 14. The molecule has 1 fully saturated rings. The Kier molecular flexibility index (Phi) is 12.1. The van der Waals surface area contributed by atoms with Crippen LogP contribution in [0.5, 0.6) is 0 Å². The highest BCUT2D eigenvalue weighted by molar-refractivity contribution is 4.78. The summed E-state index contributed by atoms with van der Waals surface area (Å²) >= 11 is 0. The topological polar surface area (TPSA) is 32.5 Å². The van der Waals surface area contributed by atoms with E-state index in [2.05, 4.69) is 23.8 Å². The van der Waals surface area contributed by atoms with Crippen LogP contribution in [0.4, 0.5) is 0 Å². The van der Waals surface area contributed by atoms with Gasteiger partial charge in [-0.2, -0.15) is 0 Å². The Morgan fingerprint density at radius 3 is 1.86 bits per heavy atom. The van der Waals surface area contributed by atoms with Crippen molar-refractivity contribution < 1.29 is 0 Å². The minimum absolute atomic E-state index is 0.514. The lowest BCUT2D eigenvalue weighted by molar-refractivity contribution is 0.123. The summed E-state index contributed by atoms with van der Waals surface area (Å²) in [6.07, 6.45) is 18.5. The normalized spacial score (nSPS) is 20.0. The van der Waals surface area contributed by atoms with Crippen LogP contribution in [0.3, 0.4) is 0 Å². The molecule has 0 aromatic heterocycles. The summed E-state index contributed by atoms with van der Waals surface area (Å²) in [4.78, 5) is 2.59. The van der Waals surface area contributed by atoms with Crippen LogP contribution < -0.4 is 5.84 Å². The van der Waals surface area contributed by atoms with Crippen LogP contribution >= 0.6 is 0 Å². The summed E-state index contributed by atoms with van der Waals surface area (Å²) in [7, 11) is 0. The van der Waals surface area contributed by atoms with E-state index in [9.17, 15) is 0 Å². The van der Waals surface area contributed by atoms with Crippen molar-refractivity contribution >= 4 is 0 Å². The molecule has 132 valence electrons. The van der Waals surface area contributed by atoms with Crippen LogP contribution in [0, 0.1) is 0 Å². The Labute approximate surface area is 139 Å². The number of unbranched alkanes of at least 4 members (excludes halogenated alkanes) is 10. The molecule has 0 radical (unpaired) electrons. The number of hydrogen-bond acceptors (Lipinski definition) is 3. The van der Waals surface area contributed by atoms with E-state index in [0.29, 0.717) is 6.17 Å². The van der Waals surface area contributed by atoms with Gasteiger partial charge in [0, 0.05) is 13.1 Å². The van der Waals surface area contributed by atoms with E-state index in [1.165, 1.54) is 96.6 Å². The second kappa shape index (κ2) is 13.3. The highest BCUT2D eigenvalue weighted by Gasteiger charge is 2.28. The third-order valence-electron chi connectivity index (χ3n) is 5.06. The molecule has 0 spiro atoms. The molecule has 1 atom stereocenters. The Morgan fingerprint density at radius 1 is 0.727 bits per heavy atom. The fourth-order valence-corrected chi connectivity index (χ4v) is 3.54.